The van der Waals surface area contributed by atoms with Crippen molar-refractivity contribution in [1.29, 1.82) is 0 Å². The van der Waals surface area contributed by atoms with E-state index >= 15 is 0 Å². The number of benzene rings is 1. The van der Waals surface area contributed by atoms with E-state index in [9.17, 15) is 22.8 Å². The van der Waals surface area contributed by atoms with Crippen LogP contribution >= 0.6 is 11.6 Å². The molecule has 2 N–H and O–H groups in total. The van der Waals surface area contributed by atoms with Crippen molar-refractivity contribution >= 4 is 45.2 Å². The van der Waals surface area contributed by atoms with Gasteiger partial charge in [-0.15, -0.1) is 0 Å². The van der Waals surface area contributed by atoms with Crippen LogP contribution in [0.1, 0.15) is 50.7 Å². The molecule has 0 radical (unpaired) electrons. The molecule has 1 fully saturated rings. The highest BCUT2D eigenvalue weighted by Gasteiger charge is 2.36. The molecule has 3 rings (SSSR count). The summed E-state index contributed by atoms with van der Waals surface area (Å²) in [6.45, 7) is 9.52. The number of halogens is 1. The predicted octanol–water partition coefficient (Wildman–Crippen LogP) is 3.51. The van der Waals surface area contributed by atoms with Crippen LogP contribution in [0.25, 0.3) is 0 Å². The van der Waals surface area contributed by atoms with E-state index < -0.39 is 21.5 Å². The summed E-state index contributed by atoms with van der Waals surface area (Å²) in [6.07, 6.45) is -1.04. The van der Waals surface area contributed by atoms with E-state index in [-0.39, 0.29) is 41.8 Å². The van der Waals surface area contributed by atoms with Crippen LogP contribution in [0.3, 0.4) is 0 Å². The third-order valence-corrected chi connectivity index (χ3v) is 7.76. The highest BCUT2D eigenvalue weighted by atomic mass is 35.5. The van der Waals surface area contributed by atoms with Gasteiger partial charge in [-0.05, 0) is 38.1 Å². The zero-order valence-corrected chi connectivity index (χ0v) is 23.3. The van der Waals surface area contributed by atoms with Crippen molar-refractivity contribution in [3.8, 4) is 0 Å². The molecule has 204 valence electrons. The van der Waals surface area contributed by atoms with Crippen LogP contribution in [0.5, 0.6) is 0 Å². The average Bonchev–Trinajstić information content (AvgIpc) is 3.28. The SMILES string of the molecule is CN(C(=O)c1ccc(Cl)cc1)C(C)(C)C(=O)Nc1cc(C(C)(C)C)on1.O=C(O)N1CCS(=O)(=O)CC1. The Hall–Kier alpha value is -3.12. The first-order valence-electron chi connectivity index (χ1n) is 11.4. The van der Waals surface area contributed by atoms with Crippen molar-refractivity contribution < 1.29 is 32.4 Å². The largest absolute Gasteiger partial charge is 0.465 e. The quantitative estimate of drug-likeness (QED) is 0.580. The Morgan fingerprint density at radius 1 is 1.08 bits per heavy atom. The summed E-state index contributed by atoms with van der Waals surface area (Å²) < 4.78 is 26.9. The average molecular weight is 557 g/mol. The Morgan fingerprint density at radius 2 is 1.62 bits per heavy atom. The maximum Gasteiger partial charge on any atom is 0.407 e. The zero-order chi connectivity index (χ0) is 28.2. The smallest absolute Gasteiger partial charge is 0.407 e. The first-order chi connectivity index (χ1) is 16.9. The molecule has 1 aliphatic rings. The molecule has 13 heteroatoms. The lowest BCUT2D eigenvalue weighted by Gasteiger charge is -2.34. The molecule has 3 amide bonds. The lowest BCUT2D eigenvalue weighted by molar-refractivity contribution is -0.124. The van der Waals surface area contributed by atoms with E-state index in [4.69, 9.17) is 21.2 Å². The van der Waals surface area contributed by atoms with Gasteiger partial charge in [-0.25, -0.2) is 13.2 Å². The molecular weight excluding hydrogens is 524 g/mol. The van der Waals surface area contributed by atoms with Gasteiger partial charge in [-0.1, -0.05) is 37.5 Å². The van der Waals surface area contributed by atoms with Crippen LogP contribution in [0, 0.1) is 0 Å². The normalized spacial score (nSPS) is 15.3. The van der Waals surface area contributed by atoms with Crippen molar-refractivity contribution in [2.75, 3.05) is 37.0 Å². The summed E-state index contributed by atoms with van der Waals surface area (Å²) in [4.78, 5) is 38.2. The second-order valence-electron chi connectivity index (χ2n) is 10.1. The lowest BCUT2D eigenvalue weighted by Crippen LogP contribution is -2.53. The van der Waals surface area contributed by atoms with E-state index in [1.54, 1.807) is 51.2 Å². The summed E-state index contributed by atoms with van der Waals surface area (Å²) in [5.41, 5.74) is -0.862. The van der Waals surface area contributed by atoms with E-state index in [0.29, 0.717) is 22.2 Å². The molecule has 11 nitrogen and oxygen atoms in total. The minimum absolute atomic E-state index is 0.0424. The molecular formula is C24H33ClN4O7S. The number of aromatic nitrogens is 1. The number of carbonyl (C=O) groups excluding carboxylic acids is 2. The Labute approximate surface area is 221 Å². The summed E-state index contributed by atoms with van der Waals surface area (Å²) in [5, 5.41) is 15.6. The molecule has 1 aliphatic heterocycles. The van der Waals surface area contributed by atoms with E-state index in [2.05, 4.69) is 10.5 Å². The number of hydrogen-bond acceptors (Lipinski definition) is 7. The Kier molecular flexibility index (Phi) is 9.37. The van der Waals surface area contributed by atoms with Gasteiger partial charge < -0.3 is 24.7 Å². The van der Waals surface area contributed by atoms with Gasteiger partial charge in [0.1, 0.15) is 11.3 Å². The number of anilines is 1. The number of carbonyl (C=O) groups is 3. The van der Waals surface area contributed by atoms with Gasteiger partial charge in [0.2, 0.25) is 0 Å². The lowest BCUT2D eigenvalue weighted by atomic mass is 9.93. The van der Waals surface area contributed by atoms with Gasteiger partial charge >= 0.3 is 6.09 Å². The maximum atomic E-state index is 12.7. The molecule has 0 bridgehead atoms. The van der Waals surface area contributed by atoms with Crippen LogP contribution in [0.2, 0.25) is 5.02 Å². The number of nitrogens with one attached hydrogen (secondary N) is 1. The van der Waals surface area contributed by atoms with Gasteiger partial charge in [0, 0.05) is 42.2 Å². The molecule has 2 aromatic rings. The Bertz CT molecular complexity index is 1220. The summed E-state index contributed by atoms with van der Waals surface area (Å²) in [5.74, 6) is 0.253. The summed E-state index contributed by atoms with van der Waals surface area (Å²) in [6, 6.07) is 8.22. The number of carboxylic acid groups (broad SMARTS) is 1. The Balaban J connectivity index is 0.000000364. The fourth-order valence-corrected chi connectivity index (χ4v) is 4.38. The van der Waals surface area contributed by atoms with Gasteiger partial charge in [0.05, 0.1) is 11.5 Å². The van der Waals surface area contributed by atoms with Gasteiger partial charge in [-0.2, -0.15) is 0 Å². The third-order valence-electron chi connectivity index (χ3n) is 5.90. The number of sulfone groups is 1. The summed E-state index contributed by atoms with van der Waals surface area (Å²) >= 11 is 5.86. The molecule has 1 aromatic carbocycles. The van der Waals surface area contributed by atoms with Crippen LogP contribution in [0.15, 0.2) is 34.9 Å². The van der Waals surface area contributed by atoms with Crippen molar-refractivity contribution in [3.63, 3.8) is 0 Å². The van der Waals surface area contributed by atoms with Crippen LogP contribution in [0.4, 0.5) is 10.6 Å². The Morgan fingerprint density at radius 3 is 2.08 bits per heavy atom. The second kappa shape index (κ2) is 11.5. The minimum atomic E-state index is -2.95. The molecule has 0 saturated carbocycles. The standard InChI is InChI=1S/C19H24ClN3O3.C5H9NO4S/c1-18(2,3)14-11-15(22-26-14)21-17(25)19(4,5)23(6)16(24)12-7-9-13(20)10-8-12;7-5(8)6-1-3-11(9,10)4-2-6/h7-11H,1-6H3,(H,21,22,25);1-4H2,(H,7,8). The van der Waals surface area contributed by atoms with E-state index in [0.717, 1.165) is 4.90 Å². The van der Waals surface area contributed by atoms with Crippen molar-refractivity contribution in [1.82, 2.24) is 15.0 Å². The van der Waals surface area contributed by atoms with Crippen LogP contribution in [-0.4, -0.2) is 83.6 Å². The summed E-state index contributed by atoms with van der Waals surface area (Å²) in [7, 11) is -1.37. The maximum absolute atomic E-state index is 12.7. The molecule has 1 saturated heterocycles. The first kappa shape index (κ1) is 30.1. The molecule has 0 aliphatic carbocycles. The van der Waals surface area contributed by atoms with E-state index in [1.165, 1.54) is 4.90 Å². The highest BCUT2D eigenvalue weighted by Crippen LogP contribution is 2.25. The second-order valence-corrected chi connectivity index (χ2v) is 12.9. The first-order valence-corrected chi connectivity index (χ1v) is 13.6. The number of likely N-dealkylation sites (N-methyl/N-ethyl adjacent to an activating group) is 1. The number of hydrogen-bond donors (Lipinski definition) is 2. The van der Waals surface area contributed by atoms with Gasteiger partial charge in [0.15, 0.2) is 15.7 Å². The van der Waals surface area contributed by atoms with Crippen molar-refractivity contribution in [2.24, 2.45) is 0 Å². The molecule has 37 heavy (non-hydrogen) atoms. The number of rotatable bonds is 4. The van der Waals surface area contributed by atoms with Crippen LogP contribution in [-0.2, 0) is 20.0 Å². The van der Waals surface area contributed by atoms with Gasteiger partial charge in [-0.3, -0.25) is 9.59 Å². The number of amides is 3. The van der Waals surface area contributed by atoms with Crippen molar-refractivity contribution in [2.45, 2.75) is 45.6 Å². The fourth-order valence-electron chi connectivity index (χ4n) is 3.05. The highest BCUT2D eigenvalue weighted by molar-refractivity contribution is 7.91. The fraction of sp³-hybridized carbons (Fsp3) is 0.500. The van der Waals surface area contributed by atoms with Crippen LogP contribution < -0.4 is 5.32 Å². The molecule has 2 heterocycles. The zero-order valence-electron chi connectivity index (χ0n) is 21.7. The van der Waals surface area contributed by atoms with Crippen molar-refractivity contribution in [3.05, 3.63) is 46.7 Å². The molecule has 1 aromatic heterocycles. The molecule has 0 atom stereocenters. The monoisotopic (exact) mass is 556 g/mol. The molecule has 0 spiro atoms. The number of nitrogens with zero attached hydrogens (tertiary/aromatic N) is 3. The van der Waals surface area contributed by atoms with E-state index in [1.807, 2.05) is 20.8 Å². The molecule has 0 unspecified atom stereocenters. The predicted molar refractivity (Wildman–Crippen MR) is 140 cm³/mol. The third kappa shape index (κ3) is 8.19. The minimum Gasteiger partial charge on any atom is -0.465 e. The topological polar surface area (TPSA) is 150 Å². The van der Waals surface area contributed by atoms with Gasteiger partial charge in [0.25, 0.3) is 11.8 Å².